The standard InChI is InChI=1S/C30H31F4N3O3S/c1-4-20-14-21-9-10-22(13-19-7-5-17(2)6-8-19)27(28(29(35)38)24(21)15-25(20)31)26-12-11-23(16-36-26)41(39,40)37-18(3)30(32,33)34/h5-8,11-12,14-16,18,22,37H,4,9-10,13H2,1-3H3,(H2,35,38). The Labute approximate surface area is 236 Å². The molecular weight excluding hydrogens is 558 g/mol. The van der Waals surface area contributed by atoms with Crippen molar-refractivity contribution in [2.75, 3.05) is 0 Å². The van der Waals surface area contributed by atoms with Crippen LogP contribution in [-0.2, 0) is 34.1 Å². The van der Waals surface area contributed by atoms with Gasteiger partial charge in [-0.2, -0.15) is 17.9 Å². The minimum Gasteiger partial charge on any atom is -0.366 e. The summed E-state index contributed by atoms with van der Waals surface area (Å²) < 4.78 is 80.8. The van der Waals surface area contributed by atoms with Gasteiger partial charge in [0.25, 0.3) is 0 Å². The summed E-state index contributed by atoms with van der Waals surface area (Å²) in [6, 6.07) is 11.1. The SMILES string of the molecule is CCc1cc2c(cc1F)C(C(N)=O)=C(c1ccc(S(=O)(=O)NC(C)C(F)(F)F)cn1)C(Cc1ccc(C)cc1)CC2. The van der Waals surface area contributed by atoms with Crippen LogP contribution < -0.4 is 10.5 Å². The number of nitrogens with zero attached hydrogens (tertiary/aromatic N) is 1. The van der Waals surface area contributed by atoms with Crippen LogP contribution in [0, 0.1) is 18.7 Å². The molecule has 1 amide bonds. The number of nitrogens with one attached hydrogen (secondary N) is 1. The van der Waals surface area contributed by atoms with Gasteiger partial charge in [0.2, 0.25) is 15.9 Å². The summed E-state index contributed by atoms with van der Waals surface area (Å²) in [5.74, 6) is -1.57. The minimum absolute atomic E-state index is 0.0862. The number of carbonyl (C=O) groups excluding carboxylic acids is 1. The summed E-state index contributed by atoms with van der Waals surface area (Å²) in [6.07, 6.45) is -1.77. The smallest absolute Gasteiger partial charge is 0.366 e. The normalized spacial score (nSPS) is 16.7. The first-order valence-corrected chi connectivity index (χ1v) is 14.7. The lowest BCUT2D eigenvalue weighted by molar-refractivity contribution is -0.147. The monoisotopic (exact) mass is 589 g/mol. The Hall–Kier alpha value is -3.57. The number of carbonyl (C=O) groups is 1. The van der Waals surface area contributed by atoms with Crippen LogP contribution in [0.3, 0.4) is 0 Å². The zero-order chi connectivity index (χ0) is 30.1. The second kappa shape index (κ2) is 11.7. The lowest BCUT2D eigenvalue weighted by Gasteiger charge is -2.22. The number of benzene rings is 2. The van der Waals surface area contributed by atoms with Gasteiger partial charge in [0.15, 0.2) is 0 Å². The average Bonchev–Trinajstić information content (AvgIpc) is 3.05. The first kappa shape index (κ1) is 30.4. The molecule has 2 atom stereocenters. The van der Waals surface area contributed by atoms with Gasteiger partial charge in [-0.25, -0.2) is 12.8 Å². The molecule has 11 heteroatoms. The van der Waals surface area contributed by atoms with Gasteiger partial charge in [-0.05, 0) is 91.5 Å². The summed E-state index contributed by atoms with van der Waals surface area (Å²) >= 11 is 0. The molecule has 0 radical (unpaired) electrons. The lowest BCUT2D eigenvalue weighted by atomic mass is 9.83. The Balaban J connectivity index is 1.86. The highest BCUT2D eigenvalue weighted by Crippen LogP contribution is 2.41. The number of sulfonamides is 1. The van der Waals surface area contributed by atoms with Crippen LogP contribution in [0.15, 0.2) is 59.6 Å². The molecule has 0 saturated carbocycles. The molecular formula is C30H31F4N3O3S. The van der Waals surface area contributed by atoms with Gasteiger partial charge in [-0.3, -0.25) is 9.78 Å². The summed E-state index contributed by atoms with van der Waals surface area (Å²) in [7, 11) is -4.55. The number of hydrogen-bond acceptors (Lipinski definition) is 4. The molecule has 3 N–H and O–H groups in total. The Morgan fingerprint density at radius 2 is 1.83 bits per heavy atom. The third-order valence-corrected chi connectivity index (χ3v) is 8.88. The molecule has 0 saturated heterocycles. The molecule has 2 unspecified atom stereocenters. The van der Waals surface area contributed by atoms with Crippen LogP contribution in [-0.4, -0.2) is 31.5 Å². The van der Waals surface area contributed by atoms with Crippen molar-refractivity contribution < 1.29 is 30.8 Å². The highest BCUT2D eigenvalue weighted by atomic mass is 32.2. The van der Waals surface area contributed by atoms with Gasteiger partial charge in [0.1, 0.15) is 16.8 Å². The Kier molecular flexibility index (Phi) is 8.70. The topological polar surface area (TPSA) is 102 Å². The van der Waals surface area contributed by atoms with Crippen molar-refractivity contribution in [3.63, 3.8) is 0 Å². The molecule has 0 fully saturated rings. The van der Waals surface area contributed by atoms with Crippen molar-refractivity contribution in [3.05, 3.63) is 94.1 Å². The zero-order valence-electron chi connectivity index (χ0n) is 22.8. The lowest BCUT2D eigenvalue weighted by Crippen LogP contribution is -2.42. The van der Waals surface area contributed by atoms with Crippen molar-refractivity contribution in [1.29, 1.82) is 0 Å². The molecule has 41 heavy (non-hydrogen) atoms. The van der Waals surface area contributed by atoms with Crippen molar-refractivity contribution in [2.45, 2.75) is 63.6 Å². The summed E-state index contributed by atoms with van der Waals surface area (Å²) in [5.41, 5.74) is 10.4. The largest absolute Gasteiger partial charge is 0.404 e. The molecule has 3 aromatic rings. The van der Waals surface area contributed by atoms with Gasteiger partial charge < -0.3 is 5.73 Å². The van der Waals surface area contributed by atoms with Crippen molar-refractivity contribution in [2.24, 2.45) is 11.7 Å². The van der Waals surface area contributed by atoms with E-state index in [4.69, 9.17) is 5.73 Å². The number of nitrogens with two attached hydrogens (primary N) is 1. The van der Waals surface area contributed by atoms with E-state index in [1.54, 1.807) is 10.8 Å². The van der Waals surface area contributed by atoms with Gasteiger partial charge in [-0.1, -0.05) is 42.8 Å². The van der Waals surface area contributed by atoms with Crippen LogP contribution in [0.1, 0.15) is 53.8 Å². The fourth-order valence-electron chi connectivity index (χ4n) is 5.08. The summed E-state index contributed by atoms with van der Waals surface area (Å²) in [4.78, 5) is 16.8. The van der Waals surface area contributed by atoms with Crippen LogP contribution in [0.5, 0.6) is 0 Å². The van der Waals surface area contributed by atoms with Gasteiger partial charge in [-0.15, -0.1) is 0 Å². The molecule has 0 bridgehead atoms. The van der Waals surface area contributed by atoms with Crippen molar-refractivity contribution in [1.82, 2.24) is 9.71 Å². The Morgan fingerprint density at radius 1 is 1.15 bits per heavy atom. The maximum Gasteiger partial charge on any atom is 0.404 e. The molecule has 1 heterocycles. The number of aryl methyl sites for hydroxylation is 3. The molecule has 1 aliphatic rings. The number of alkyl halides is 3. The average molecular weight is 590 g/mol. The van der Waals surface area contributed by atoms with E-state index < -0.39 is 38.9 Å². The molecule has 6 nitrogen and oxygen atoms in total. The van der Waals surface area contributed by atoms with Crippen LogP contribution >= 0.6 is 0 Å². The van der Waals surface area contributed by atoms with E-state index in [-0.39, 0.29) is 17.2 Å². The van der Waals surface area contributed by atoms with Gasteiger partial charge in [0, 0.05) is 6.20 Å². The first-order chi connectivity index (χ1) is 19.2. The van der Waals surface area contributed by atoms with Crippen LogP contribution in [0.4, 0.5) is 17.6 Å². The highest BCUT2D eigenvalue weighted by molar-refractivity contribution is 7.89. The molecule has 1 aliphatic carbocycles. The van der Waals surface area contributed by atoms with E-state index in [9.17, 15) is 30.8 Å². The second-order valence-electron chi connectivity index (χ2n) is 10.3. The van der Waals surface area contributed by atoms with E-state index in [0.29, 0.717) is 49.3 Å². The summed E-state index contributed by atoms with van der Waals surface area (Å²) in [5, 5.41) is 0. The van der Waals surface area contributed by atoms with Crippen molar-refractivity contribution >= 4 is 27.1 Å². The number of allylic oxidation sites excluding steroid dienone is 1. The number of rotatable bonds is 8. The first-order valence-electron chi connectivity index (χ1n) is 13.2. The number of hydrogen-bond donors (Lipinski definition) is 2. The Morgan fingerprint density at radius 3 is 2.39 bits per heavy atom. The quantitative estimate of drug-likeness (QED) is 0.338. The van der Waals surface area contributed by atoms with Crippen molar-refractivity contribution in [3.8, 4) is 0 Å². The molecule has 4 rings (SSSR count). The molecule has 218 valence electrons. The molecule has 0 spiro atoms. The Bertz CT molecular complexity index is 1580. The number of amides is 1. The fourth-order valence-corrected chi connectivity index (χ4v) is 6.26. The van der Waals surface area contributed by atoms with Crippen LogP contribution in [0.25, 0.3) is 11.1 Å². The summed E-state index contributed by atoms with van der Waals surface area (Å²) in [6.45, 7) is 4.50. The number of pyridine rings is 1. The number of primary amides is 1. The number of fused-ring (bicyclic) bond motifs is 1. The fraction of sp³-hybridized carbons (Fsp3) is 0.333. The predicted octanol–water partition coefficient (Wildman–Crippen LogP) is 5.52. The second-order valence-corrected chi connectivity index (χ2v) is 12.0. The minimum atomic E-state index is -4.77. The molecule has 0 aliphatic heterocycles. The maximum absolute atomic E-state index is 15.0. The van der Waals surface area contributed by atoms with E-state index in [2.05, 4.69) is 4.98 Å². The number of halogens is 4. The predicted molar refractivity (Wildman–Crippen MR) is 149 cm³/mol. The van der Waals surface area contributed by atoms with E-state index in [1.165, 1.54) is 12.1 Å². The van der Waals surface area contributed by atoms with E-state index in [0.717, 1.165) is 29.0 Å². The van der Waals surface area contributed by atoms with Gasteiger partial charge >= 0.3 is 6.18 Å². The molecule has 2 aromatic carbocycles. The third-order valence-electron chi connectivity index (χ3n) is 7.36. The number of aromatic nitrogens is 1. The van der Waals surface area contributed by atoms with Crippen LogP contribution in [0.2, 0.25) is 0 Å². The molecule has 1 aromatic heterocycles. The van der Waals surface area contributed by atoms with E-state index in [1.807, 2.05) is 38.1 Å². The van der Waals surface area contributed by atoms with Gasteiger partial charge in [0.05, 0.1) is 11.3 Å². The maximum atomic E-state index is 15.0. The third kappa shape index (κ3) is 6.68. The highest BCUT2D eigenvalue weighted by Gasteiger charge is 2.39. The van der Waals surface area contributed by atoms with E-state index >= 15 is 0 Å². The zero-order valence-corrected chi connectivity index (χ0v) is 23.7.